The Balaban J connectivity index is 2.06. The van der Waals surface area contributed by atoms with Crippen LogP contribution in [0.5, 0.6) is 11.5 Å². The van der Waals surface area contributed by atoms with Crippen LogP contribution < -0.4 is 4.74 Å². The van der Waals surface area contributed by atoms with Gasteiger partial charge < -0.3 is 14.6 Å². The van der Waals surface area contributed by atoms with Gasteiger partial charge in [0, 0.05) is 11.5 Å². The Morgan fingerprint density at radius 3 is 2.89 bits per heavy atom. The van der Waals surface area contributed by atoms with Crippen molar-refractivity contribution in [3.05, 3.63) is 35.4 Å². The van der Waals surface area contributed by atoms with Crippen LogP contribution in [0.15, 0.2) is 24.3 Å². The van der Waals surface area contributed by atoms with Crippen molar-refractivity contribution in [3.8, 4) is 11.5 Å². The highest BCUT2D eigenvalue weighted by molar-refractivity contribution is 5.92. The van der Waals surface area contributed by atoms with Crippen LogP contribution in [-0.4, -0.2) is 24.8 Å². The van der Waals surface area contributed by atoms with E-state index in [0.29, 0.717) is 29.4 Å². The standard InChI is InChI=1S/C15H18O4/c1-10-12(7-8-13(18-2)14(10)16)15(17)19-9-11-5-3-4-6-11/h3,5,7-8,11,16H,4,6,9H2,1-2H3. The Morgan fingerprint density at radius 1 is 1.47 bits per heavy atom. The average molecular weight is 262 g/mol. The van der Waals surface area contributed by atoms with Gasteiger partial charge in [0.25, 0.3) is 0 Å². The van der Waals surface area contributed by atoms with Crippen LogP contribution in [0.3, 0.4) is 0 Å². The lowest BCUT2D eigenvalue weighted by Gasteiger charge is -2.12. The molecule has 0 heterocycles. The molecule has 0 aliphatic heterocycles. The molecule has 1 aliphatic carbocycles. The highest BCUT2D eigenvalue weighted by Crippen LogP contribution is 2.32. The van der Waals surface area contributed by atoms with Crippen molar-refractivity contribution in [1.29, 1.82) is 0 Å². The van der Waals surface area contributed by atoms with Gasteiger partial charge in [-0.3, -0.25) is 0 Å². The Bertz CT molecular complexity index is 505. The maximum atomic E-state index is 12.0. The average Bonchev–Trinajstić information content (AvgIpc) is 2.92. The zero-order valence-corrected chi connectivity index (χ0v) is 11.2. The van der Waals surface area contributed by atoms with Crippen molar-refractivity contribution in [2.24, 2.45) is 5.92 Å². The molecule has 4 nitrogen and oxygen atoms in total. The fraction of sp³-hybridized carbons (Fsp3) is 0.400. The lowest BCUT2D eigenvalue weighted by molar-refractivity contribution is 0.0463. The van der Waals surface area contributed by atoms with E-state index < -0.39 is 5.97 Å². The fourth-order valence-electron chi connectivity index (χ4n) is 2.16. The van der Waals surface area contributed by atoms with E-state index >= 15 is 0 Å². The van der Waals surface area contributed by atoms with Crippen molar-refractivity contribution < 1.29 is 19.4 Å². The molecule has 0 saturated carbocycles. The molecule has 0 bridgehead atoms. The lowest BCUT2D eigenvalue weighted by atomic mass is 10.1. The number of allylic oxidation sites excluding steroid dienone is 1. The SMILES string of the molecule is COc1ccc(C(=O)OCC2C=CCC2)c(C)c1O. The van der Waals surface area contributed by atoms with E-state index in [1.54, 1.807) is 19.1 Å². The van der Waals surface area contributed by atoms with E-state index in [0.717, 1.165) is 12.8 Å². The smallest absolute Gasteiger partial charge is 0.338 e. The zero-order chi connectivity index (χ0) is 13.8. The molecule has 0 spiro atoms. The largest absolute Gasteiger partial charge is 0.504 e. The molecule has 1 atom stereocenters. The number of methoxy groups -OCH3 is 1. The van der Waals surface area contributed by atoms with Gasteiger partial charge in [-0.2, -0.15) is 0 Å². The molecule has 0 amide bonds. The van der Waals surface area contributed by atoms with E-state index in [1.165, 1.54) is 7.11 Å². The van der Waals surface area contributed by atoms with Crippen LogP contribution in [0, 0.1) is 12.8 Å². The summed E-state index contributed by atoms with van der Waals surface area (Å²) in [7, 11) is 1.47. The molecular formula is C15H18O4. The number of hydrogen-bond acceptors (Lipinski definition) is 4. The predicted molar refractivity (Wildman–Crippen MR) is 71.5 cm³/mol. The van der Waals surface area contributed by atoms with E-state index in [9.17, 15) is 9.90 Å². The highest BCUT2D eigenvalue weighted by Gasteiger charge is 2.18. The molecule has 0 saturated heterocycles. The fourth-order valence-corrected chi connectivity index (χ4v) is 2.16. The van der Waals surface area contributed by atoms with E-state index in [1.807, 2.05) is 0 Å². The highest BCUT2D eigenvalue weighted by atomic mass is 16.5. The first-order valence-corrected chi connectivity index (χ1v) is 6.33. The van der Waals surface area contributed by atoms with Crippen LogP contribution in [0.4, 0.5) is 0 Å². The normalized spacial score (nSPS) is 17.5. The van der Waals surface area contributed by atoms with Crippen molar-refractivity contribution in [2.45, 2.75) is 19.8 Å². The van der Waals surface area contributed by atoms with Gasteiger partial charge >= 0.3 is 5.97 Å². The number of aromatic hydroxyl groups is 1. The monoisotopic (exact) mass is 262 g/mol. The molecule has 102 valence electrons. The summed E-state index contributed by atoms with van der Waals surface area (Å²) in [5.41, 5.74) is 0.853. The van der Waals surface area contributed by atoms with Crippen molar-refractivity contribution in [3.63, 3.8) is 0 Å². The molecule has 1 unspecified atom stereocenters. The van der Waals surface area contributed by atoms with Crippen LogP contribution in [-0.2, 0) is 4.74 Å². The van der Waals surface area contributed by atoms with Gasteiger partial charge in [-0.05, 0) is 31.9 Å². The number of phenolic OH excluding ortho intramolecular Hbond substituents is 1. The zero-order valence-electron chi connectivity index (χ0n) is 11.2. The number of phenols is 1. The quantitative estimate of drug-likeness (QED) is 0.669. The van der Waals surface area contributed by atoms with Crippen molar-refractivity contribution in [1.82, 2.24) is 0 Å². The van der Waals surface area contributed by atoms with Crippen LogP contribution in [0.25, 0.3) is 0 Å². The van der Waals surface area contributed by atoms with Crippen LogP contribution >= 0.6 is 0 Å². The number of ether oxygens (including phenoxy) is 2. The Hall–Kier alpha value is -1.97. The summed E-state index contributed by atoms with van der Waals surface area (Å²) in [6.45, 7) is 2.06. The topological polar surface area (TPSA) is 55.8 Å². The summed E-state index contributed by atoms with van der Waals surface area (Å²) in [4.78, 5) is 12.0. The van der Waals surface area contributed by atoms with Crippen LogP contribution in [0.2, 0.25) is 0 Å². The maximum Gasteiger partial charge on any atom is 0.338 e. The summed E-state index contributed by atoms with van der Waals surface area (Å²) >= 11 is 0. The second-order valence-electron chi connectivity index (χ2n) is 4.65. The number of benzene rings is 1. The van der Waals surface area contributed by atoms with Crippen LogP contribution in [0.1, 0.15) is 28.8 Å². The molecule has 1 aromatic carbocycles. The second kappa shape index (κ2) is 5.78. The van der Waals surface area contributed by atoms with Gasteiger partial charge in [-0.15, -0.1) is 0 Å². The molecule has 0 radical (unpaired) electrons. The van der Waals surface area contributed by atoms with Gasteiger partial charge in [0.05, 0.1) is 19.3 Å². The number of carbonyl (C=O) groups excluding carboxylic acids is 1. The minimum absolute atomic E-state index is 0.0160. The Kier molecular flexibility index (Phi) is 4.10. The van der Waals surface area contributed by atoms with Gasteiger partial charge in [-0.1, -0.05) is 12.2 Å². The summed E-state index contributed by atoms with van der Waals surface area (Å²) in [6, 6.07) is 3.18. The van der Waals surface area contributed by atoms with Gasteiger partial charge in [0.1, 0.15) is 0 Å². The van der Waals surface area contributed by atoms with E-state index in [2.05, 4.69) is 12.2 Å². The van der Waals surface area contributed by atoms with Gasteiger partial charge in [0.2, 0.25) is 0 Å². The number of esters is 1. The summed E-state index contributed by atoms with van der Waals surface area (Å²) < 4.78 is 10.3. The number of hydrogen-bond donors (Lipinski definition) is 1. The molecule has 4 heteroatoms. The molecule has 1 N–H and O–H groups in total. The third kappa shape index (κ3) is 2.89. The summed E-state index contributed by atoms with van der Waals surface area (Å²) in [5, 5.41) is 9.86. The molecule has 0 fully saturated rings. The van der Waals surface area contributed by atoms with E-state index in [-0.39, 0.29) is 5.75 Å². The Labute approximate surface area is 112 Å². The second-order valence-corrected chi connectivity index (χ2v) is 4.65. The first-order chi connectivity index (χ1) is 9.13. The third-order valence-corrected chi connectivity index (χ3v) is 3.37. The Morgan fingerprint density at radius 2 is 2.26 bits per heavy atom. The summed E-state index contributed by atoms with van der Waals surface area (Å²) in [6.07, 6.45) is 6.25. The molecule has 2 rings (SSSR count). The molecule has 19 heavy (non-hydrogen) atoms. The molecule has 1 aromatic rings. The lowest BCUT2D eigenvalue weighted by Crippen LogP contribution is -2.12. The minimum atomic E-state index is -0.407. The minimum Gasteiger partial charge on any atom is -0.504 e. The molecule has 0 aromatic heterocycles. The maximum absolute atomic E-state index is 12.0. The van der Waals surface area contributed by atoms with Gasteiger partial charge in [0.15, 0.2) is 11.5 Å². The first kappa shape index (κ1) is 13.5. The number of carbonyl (C=O) groups is 1. The van der Waals surface area contributed by atoms with Crippen molar-refractivity contribution >= 4 is 5.97 Å². The number of rotatable bonds is 4. The predicted octanol–water partition coefficient (Wildman–Crippen LogP) is 2.83. The summed E-state index contributed by atoms with van der Waals surface area (Å²) in [5.74, 6) is 0.248. The molecule has 1 aliphatic rings. The molecular weight excluding hydrogens is 244 g/mol. The van der Waals surface area contributed by atoms with Gasteiger partial charge in [-0.25, -0.2) is 4.79 Å². The van der Waals surface area contributed by atoms with E-state index in [4.69, 9.17) is 9.47 Å². The van der Waals surface area contributed by atoms with Crippen molar-refractivity contribution in [2.75, 3.05) is 13.7 Å². The third-order valence-electron chi connectivity index (χ3n) is 3.37. The first-order valence-electron chi connectivity index (χ1n) is 6.33.